The lowest BCUT2D eigenvalue weighted by Crippen LogP contribution is -2.39. The Labute approximate surface area is 155 Å². The highest BCUT2D eigenvalue weighted by atomic mass is 19.4. The molecular formula is C20H21F3N2O2. The van der Waals surface area contributed by atoms with Crippen molar-refractivity contribution in [1.29, 1.82) is 0 Å². The van der Waals surface area contributed by atoms with Crippen LogP contribution in [-0.4, -0.2) is 37.0 Å². The van der Waals surface area contributed by atoms with Gasteiger partial charge in [-0.1, -0.05) is 36.4 Å². The molecule has 0 saturated heterocycles. The number of carbonyl (C=O) groups excluding carboxylic acids is 1. The zero-order valence-electron chi connectivity index (χ0n) is 14.9. The van der Waals surface area contributed by atoms with Gasteiger partial charge >= 0.3 is 6.18 Å². The van der Waals surface area contributed by atoms with Crippen LogP contribution in [0, 0.1) is 0 Å². The molecule has 1 amide bonds. The Balaban J connectivity index is 1.45. The summed E-state index contributed by atoms with van der Waals surface area (Å²) in [4.78, 5) is 13.8. The number of nitrogens with zero attached hydrogens (tertiary/aromatic N) is 1. The van der Waals surface area contributed by atoms with Gasteiger partial charge in [-0.05, 0) is 30.3 Å². The predicted molar refractivity (Wildman–Crippen MR) is 95.3 cm³/mol. The second-order valence-electron chi connectivity index (χ2n) is 6.73. The molecule has 0 aromatic heterocycles. The monoisotopic (exact) mass is 378 g/mol. The summed E-state index contributed by atoms with van der Waals surface area (Å²) in [7, 11) is 1.70. The van der Waals surface area contributed by atoms with Crippen LogP contribution in [0.2, 0.25) is 0 Å². The first-order valence-corrected chi connectivity index (χ1v) is 8.67. The molecule has 2 aromatic carbocycles. The molecule has 3 rings (SSSR count). The fourth-order valence-electron chi connectivity index (χ4n) is 3.11. The van der Waals surface area contributed by atoms with Gasteiger partial charge in [-0.2, -0.15) is 13.2 Å². The van der Waals surface area contributed by atoms with Gasteiger partial charge in [-0.25, -0.2) is 0 Å². The van der Waals surface area contributed by atoms with Crippen LogP contribution in [0.5, 0.6) is 5.75 Å². The molecule has 1 aliphatic rings. The van der Waals surface area contributed by atoms with E-state index in [0.29, 0.717) is 12.1 Å². The number of fused-ring (bicyclic) bond motifs is 1. The van der Waals surface area contributed by atoms with Crippen molar-refractivity contribution in [3.63, 3.8) is 0 Å². The van der Waals surface area contributed by atoms with Gasteiger partial charge in [0.1, 0.15) is 11.9 Å². The van der Waals surface area contributed by atoms with Crippen molar-refractivity contribution in [3.05, 3.63) is 65.2 Å². The van der Waals surface area contributed by atoms with E-state index in [1.165, 1.54) is 6.07 Å². The molecule has 1 atom stereocenters. The maximum atomic E-state index is 12.8. The molecule has 0 radical (unpaired) electrons. The molecule has 4 nitrogen and oxygen atoms in total. The van der Waals surface area contributed by atoms with Gasteiger partial charge in [0.2, 0.25) is 5.91 Å². The first-order chi connectivity index (χ1) is 12.8. The molecule has 0 fully saturated rings. The Morgan fingerprint density at radius 2 is 2.00 bits per heavy atom. The summed E-state index contributed by atoms with van der Waals surface area (Å²) in [5.41, 5.74) is 0.948. The van der Waals surface area contributed by atoms with Crippen molar-refractivity contribution in [2.45, 2.75) is 25.2 Å². The molecule has 1 heterocycles. The van der Waals surface area contributed by atoms with Crippen molar-refractivity contribution in [2.75, 3.05) is 20.1 Å². The summed E-state index contributed by atoms with van der Waals surface area (Å²) in [6.45, 7) is 0.740. The van der Waals surface area contributed by atoms with Crippen molar-refractivity contribution < 1.29 is 22.7 Å². The minimum absolute atomic E-state index is 0.0932. The lowest BCUT2D eigenvalue weighted by atomic mass is 10.1. The molecule has 0 bridgehead atoms. The molecule has 0 saturated carbocycles. The molecule has 1 aliphatic heterocycles. The molecule has 1 N–H and O–H groups in total. The van der Waals surface area contributed by atoms with Crippen LogP contribution in [0.4, 0.5) is 13.2 Å². The summed E-state index contributed by atoms with van der Waals surface area (Å²) in [5.74, 6) is 0.655. The Kier molecular flexibility index (Phi) is 5.70. The van der Waals surface area contributed by atoms with E-state index in [-0.39, 0.29) is 25.1 Å². The van der Waals surface area contributed by atoms with Crippen LogP contribution in [0.1, 0.15) is 16.7 Å². The highest BCUT2D eigenvalue weighted by Crippen LogP contribution is 2.30. The number of benzene rings is 2. The zero-order chi connectivity index (χ0) is 19.4. The lowest BCUT2D eigenvalue weighted by Gasteiger charge is -2.18. The predicted octanol–water partition coefficient (Wildman–Crippen LogP) is 3.26. The highest BCUT2D eigenvalue weighted by Gasteiger charge is 2.30. The number of carbonyl (C=O) groups is 1. The number of hydrogen-bond acceptors (Lipinski definition) is 3. The first-order valence-electron chi connectivity index (χ1n) is 8.67. The van der Waals surface area contributed by atoms with Crippen LogP contribution in [0.3, 0.4) is 0 Å². The summed E-state index contributed by atoms with van der Waals surface area (Å²) >= 11 is 0. The van der Waals surface area contributed by atoms with Crippen molar-refractivity contribution in [1.82, 2.24) is 10.2 Å². The smallest absolute Gasteiger partial charge is 0.416 e. The van der Waals surface area contributed by atoms with E-state index in [1.54, 1.807) is 18.0 Å². The average molecular weight is 378 g/mol. The molecule has 2 aromatic rings. The molecule has 0 aliphatic carbocycles. The largest absolute Gasteiger partial charge is 0.488 e. The average Bonchev–Trinajstić information content (AvgIpc) is 3.02. The fraction of sp³-hybridized carbons (Fsp3) is 0.350. The maximum absolute atomic E-state index is 12.8. The quantitative estimate of drug-likeness (QED) is 0.839. The molecule has 0 spiro atoms. The zero-order valence-corrected chi connectivity index (χ0v) is 14.9. The number of alkyl halides is 3. The van der Waals surface area contributed by atoms with Crippen LogP contribution in [0.15, 0.2) is 48.5 Å². The van der Waals surface area contributed by atoms with E-state index < -0.39 is 11.7 Å². The third kappa shape index (κ3) is 5.23. The van der Waals surface area contributed by atoms with Crippen LogP contribution in [-0.2, 0) is 23.9 Å². The van der Waals surface area contributed by atoms with Crippen LogP contribution < -0.4 is 10.1 Å². The fourth-order valence-corrected chi connectivity index (χ4v) is 3.11. The van der Waals surface area contributed by atoms with E-state index in [1.807, 2.05) is 24.3 Å². The number of nitrogens with one attached hydrogen (secondary N) is 1. The van der Waals surface area contributed by atoms with E-state index in [9.17, 15) is 18.0 Å². The summed E-state index contributed by atoms with van der Waals surface area (Å²) in [5, 5.41) is 2.83. The highest BCUT2D eigenvalue weighted by molar-refractivity contribution is 5.78. The summed E-state index contributed by atoms with van der Waals surface area (Å²) < 4.78 is 44.1. The SMILES string of the molecule is CN(CC(=O)NCC1Cc2ccccc2O1)Cc1cccc(C(F)(F)F)c1. The van der Waals surface area contributed by atoms with Gasteiger partial charge in [-0.3, -0.25) is 9.69 Å². The topological polar surface area (TPSA) is 41.6 Å². The Morgan fingerprint density at radius 1 is 1.22 bits per heavy atom. The number of amides is 1. The van der Waals surface area contributed by atoms with Crippen molar-refractivity contribution in [2.24, 2.45) is 0 Å². The number of halogens is 3. The Bertz CT molecular complexity index is 783. The van der Waals surface area contributed by atoms with E-state index >= 15 is 0 Å². The number of rotatable bonds is 6. The van der Waals surface area contributed by atoms with Gasteiger partial charge in [0.25, 0.3) is 0 Å². The number of likely N-dealkylation sites (N-methyl/N-ethyl adjacent to an activating group) is 1. The van der Waals surface area contributed by atoms with Gasteiger partial charge in [0, 0.05) is 13.0 Å². The molecule has 7 heteroatoms. The van der Waals surface area contributed by atoms with Crippen molar-refractivity contribution >= 4 is 5.91 Å². The second-order valence-corrected chi connectivity index (χ2v) is 6.73. The minimum Gasteiger partial charge on any atom is -0.488 e. The molecule has 144 valence electrons. The van der Waals surface area contributed by atoms with Gasteiger partial charge in [-0.15, -0.1) is 0 Å². The van der Waals surface area contributed by atoms with Gasteiger partial charge < -0.3 is 10.1 Å². The van der Waals surface area contributed by atoms with Gasteiger partial charge in [0.15, 0.2) is 0 Å². The summed E-state index contributed by atoms with van der Waals surface area (Å²) in [6, 6.07) is 12.9. The number of ether oxygens (including phenoxy) is 1. The molecule has 27 heavy (non-hydrogen) atoms. The first kappa shape index (κ1) is 19.2. The Morgan fingerprint density at radius 3 is 2.74 bits per heavy atom. The molecule has 1 unspecified atom stereocenters. The standard InChI is InChI=1S/C20H21F3N2O2/c1-25(12-14-5-4-7-16(9-14)20(21,22)23)13-19(26)24-11-17-10-15-6-2-3-8-18(15)27-17/h2-9,17H,10-13H2,1H3,(H,24,26). The second kappa shape index (κ2) is 8.00. The van der Waals surface area contributed by atoms with E-state index in [0.717, 1.165) is 29.9 Å². The Hall–Kier alpha value is -2.54. The third-order valence-electron chi connectivity index (χ3n) is 4.36. The van der Waals surface area contributed by atoms with Crippen molar-refractivity contribution in [3.8, 4) is 5.75 Å². The normalized spacial score (nSPS) is 16.1. The molecular weight excluding hydrogens is 357 g/mol. The van der Waals surface area contributed by atoms with E-state index in [2.05, 4.69) is 5.32 Å². The van der Waals surface area contributed by atoms with E-state index in [4.69, 9.17) is 4.74 Å². The minimum atomic E-state index is -4.37. The van der Waals surface area contributed by atoms with Crippen LogP contribution in [0.25, 0.3) is 0 Å². The van der Waals surface area contributed by atoms with Crippen LogP contribution >= 0.6 is 0 Å². The number of para-hydroxylation sites is 1. The van der Waals surface area contributed by atoms with Gasteiger partial charge in [0.05, 0.1) is 18.7 Å². The number of hydrogen-bond donors (Lipinski definition) is 1. The maximum Gasteiger partial charge on any atom is 0.416 e. The lowest BCUT2D eigenvalue weighted by molar-refractivity contribution is -0.137. The third-order valence-corrected chi connectivity index (χ3v) is 4.36. The summed E-state index contributed by atoms with van der Waals surface area (Å²) in [6.07, 6.45) is -3.72.